The maximum Gasteiger partial charge on any atom is 0.102 e. The van der Waals surface area contributed by atoms with Crippen LogP contribution in [0.25, 0.3) is 11.1 Å². The Kier molecular flexibility index (Phi) is 6.70. The van der Waals surface area contributed by atoms with Gasteiger partial charge in [-0.05, 0) is 22.3 Å². The molecule has 0 radical (unpaired) electrons. The highest BCUT2D eigenvalue weighted by atomic mass is 19.1. The van der Waals surface area contributed by atoms with Crippen LogP contribution in [0.15, 0.2) is 48.5 Å². The molecule has 2 heterocycles. The van der Waals surface area contributed by atoms with E-state index in [0.717, 1.165) is 59.2 Å². The summed E-state index contributed by atoms with van der Waals surface area (Å²) in [4.78, 5) is 7.03. The van der Waals surface area contributed by atoms with Crippen molar-refractivity contribution in [2.75, 3.05) is 59.3 Å². The molecule has 2 aromatic carbocycles. The van der Waals surface area contributed by atoms with Crippen LogP contribution in [0, 0.1) is 0 Å². The molecule has 2 aromatic rings. The summed E-state index contributed by atoms with van der Waals surface area (Å²) in [5, 5.41) is 0. The Hall–Kier alpha value is -1.79. The Morgan fingerprint density at radius 2 is 1.54 bits per heavy atom. The third-order valence-electron chi connectivity index (χ3n) is 5.72. The molecular formula is C23H30FN3O. The zero-order valence-electron chi connectivity index (χ0n) is 16.5. The number of morpholine rings is 1. The maximum absolute atomic E-state index is 12.5. The molecule has 2 aliphatic rings. The van der Waals surface area contributed by atoms with Gasteiger partial charge in [-0.25, -0.2) is 4.39 Å². The van der Waals surface area contributed by atoms with Crippen molar-refractivity contribution < 1.29 is 9.13 Å². The zero-order valence-corrected chi connectivity index (χ0v) is 16.5. The fraction of sp³-hybridized carbons (Fsp3) is 0.478. The van der Waals surface area contributed by atoms with Crippen molar-refractivity contribution in [3.8, 4) is 11.1 Å². The summed E-state index contributed by atoms with van der Waals surface area (Å²) < 4.78 is 18.0. The molecule has 4 nitrogen and oxygen atoms in total. The molecule has 0 spiro atoms. The van der Waals surface area contributed by atoms with Gasteiger partial charge in [0.05, 0.1) is 19.9 Å². The standard InChI is InChI=1S/C23H30FN3O/c24-9-10-26-11-12-27(19-26)17-20-5-7-21(8-6-20)23-4-2-1-3-22(23)18-25-13-15-28-16-14-25/h1-8H,9-19H2. The van der Waals surface area contributed by atoms with E-state index < -0.39 is 0 Å². The molecular weight excluding hydrogens is 353 g/mol. The summed E-state index contributed by atoms with van der Waals surface area (Å²) in [5.74, 6) is 0. The highest BCUT2D eigenvalue weighted by molar-refractivity contribution is 5.67. The van der Waals surface area contributed by atoms with Crippen molar-refractivity contribution in [2.45, 2.75) is 13.1 Å². The smallest absolute Gasteiger partial charge is 0.102 e. The molecule has 150 valence electrons. The summed E-state index contributed by atoms with van der Waals surface area (Å²) in [5.41, 5.74) is 5.28. The van der Waals surface area contributed by atoms with Gasteiger partial charge in [0.1, 0.15) is 6.67 Å². The van der Waals surface area contributed by atoms with Crippen LogP contribution in [0.1, 0.15) is 11.1 Å². The number of alkyl halides is 1. The van der Waals surface area contributed by atoms with Gasteiger partial charge in [0.2, 0.25) is 0 Å². The average molecular weight is 384 g/mol. The van der Waals surface area contributed by atoms with E-state index in [1.807, 2.05) is 0 Å². The number of rotatable bonds is 7. The van der Waals surface area contributed by atoms with E-state index in [1.165, 1.54) is 22.3 Å². The van der Waals surface area contributed by atoms with Gasteiger partial charge in [-0.15, -0.1) is 0 Å². The molecule has 0 bridgehead atoms. The van der Waals surface area contributed by atoms with E-state index in [-0.39, 0.29) is 6.67 Å². The largest absolute Gasteiger partial charge is 0.379 e. The molecule has 0 unspecified atom stereocenters. The van der Waals surface area contributed by atoms with E-state index in [2.05, 4.69) is 63.2 Å². The van der Waals surface area contributed by atoms with Gasteiger partial charge in [-0.1, -0.05) is 48.5 Å². The number of benzene rings is 2. The van der Waals surface area contributed by atoms with E-state index >= 15 is 0 Å². The topological polar surface area (TPSA) is 19.0 Å². The van der Waals surface area contributed by atoms with Crippen molar-refractivity contribution in [3.63, 3.8) is 0 Å². The molecule has 2 aliphatic heterocycles. The molecule has 0 N–H and O–H groups in total. The van der Waals surface area contributed by atoms with Gasteiger partial charge in [0.15, 0.2) is 0 Å². The van der Waals surface area contributed by atoms with Gasteiger partial charge in [-0.3, -0.25) is 14.7 Å². The highest BCUT2D eigenvalue weighted by Gasteiger charge is 2.19. The molecule has 0 aromatic heterocycles. The minimum Gasteiger partial charge on any atom is -0.379 e. The van der Waals surface area contributed by atoms with Crippen LogP contribution in [-0.2, 0) is 17.8 Å². The van der Waals surface area contributed by atoms with E-state index in [0.29, 0.717) is 6.54 Å². The van der Waals surface area contributed by atoms with Gasteiger partial charge in [0.25, 0.3) is 0 Å². The van der Waals surface area contributed by atoms with Crippen molar-refractivity contribution in [3.05, 3.63) is 59.7 Å². The molecule has 4 rings (SSSR count). The quantitative estimate of drug-likeness (QED) is 0.731. The van der Waals surface area contributed by atoms with Crippen molar-refractivity contribution in [1.29, 1.82) is 0 Å². The van der Waals surface area contributed by atoms with Gasteiger partial charge in [-0.2, -0.15) is 0 Å². The summed E-state index contributed by atoms with van der Waals surface area (Å²) in [6.45, 7) is 8.71. The summed E-state index contributed by atoms with van der Waals surface area (Å²) in [7, 11) is 0. The van der Waals surface area contributed by atoms with Crippen LogP contribution in [-0.4, -0.2) is 74.0 Å². The van der Waals surface area contributed by atoms with Crippen LogP contribution in [0.4, 0.5) is 4.39 Å². The first-order chi connectivity index (χ1) is 13.8. The highest BCUT2D eigenvalue weighted by Crippen LogP contribution is 2.26. The van der Waals surface area contributed by atoms with Crippen LogP contribution >= 0.6 is 0 Å². The summed E-state index contributed by atoms with van der Waals surface area (Å²) >= 11 is 0. The predicted octanol–water partition coefficient (Wildman–Crippen LogP) is 3.23. The lowest BCUT2D eigenvalue weighted by Crippen LogP contribution is -2.35. The monoisotopic (exact) mass is 383 g/mol. The second kappa shape index (κ2) is 9.61. The average Bonchev–Trinajstić information content (AvgIpc) is 3.17. The lowest BCUT2D eigenvalue weighted by atomic mass is 9.98. The minimum atomic E-state index is -0.258. The molecule has 5 heteroatoms. The Bertz CT molecular complexity index is 746. The number of hydrogen-bond acceptors (Lipinski definition) is 4. The number of hydrogen-bond donors (Lipinski definition) is 0. The molecule has 2 fully saturated rings. The number of halogens is 1. The SMILES string of the molecule is FCCN1CCN(Cc2ccc(-c3ccccc3CN3CCOCC3)cc2)C1. The Morgan fingerprint density at radius 1 is 0.786 bits per heavy atom. The van der Waals surface area contributed by atoms with Crippen molar-refractivity contribution >= 4 is 0 Å². The molecule has 0 atom stereocenters. The fourth-order valence-electron chi connectivity index (χ4n) is 4.13. The van der Waals surface area contributed by atoms with Gasteiger partial charge in [0, 0.05) is 45.8 Å². The second-order valence-electron chi connectivity index (χ2n) is 7.74. The van der Waals surface area contributed by atoms with E-state index in [1.54, 1.807) is 0 Å². The lowest BCUT2D eigenvalue weighted by Gasteiger charge is -2.27. The Labute approximate surface area is 167 Å². The predicted molar refractivity (Wildman–Crippen MR) is 111 cm³/mol. The first-order valence-electron chi connectivity index (χ1n) is 10.3. The number of nitrogens with zero attached hydrogens (tertiary/aromatic N) is 3. The third kappa shape index (κ3) is 4.97. The molecule has 28 heavy (non-hydrogen) atoms. The first kappa shape index (κ1) is 19.5. The summed E-state index contributed by atoms with van der Waals surface area (Å²) in [6, 6.07) is 17.7. The normalized spacial score (nSPS) is 19.3. The zero-order chi connectivity index (χ0) is 19.2. The third-order valence-corrected chi connectivity index (χ3v) is 5.72. The molecule has 0 aliphatic carbocycles. The Morgan fingerprint density at radius 3 is 2.32 bits per heavy atom. The first-order valence-corrected chi connectivity index (χ1v) is 10.3. The van der Waals surface area contributed by atoms with Crippen LogP contribution < -0.4 is 0 Å². The molecule has 0 amide bonds. The molecule has 2 saturated heterocycles. The van der Waals surface area contributed by atoms with Crippen LogP contribution in [0.3, 0.4) is 0 Å². The second-order valence-corrected chi connectivity index (χ2v) is 7.74. The summed E-state index contributed by atoms with van der Waals surface area (Å²) in [6.07, 6.45) is 0. The molecule has 0 saturated carbocycles. The minimum absolute atomic E-state index is 0.258. The van der Waals surface area contributed by atoms with Crippen LogP contribution in [0.5, 0.6) is 0 Å². The van der Waals surface area contributed by atoms with E-state index in [9.17, 15) is 4.39 Å². The maximum atomic E-state index is 12.5. The lowest BCUT2D eigenvalue weighted by molar-refractivity contribution is 0.0342. The van der Waals surface area contributed by atoms with Crippen LogP contribution in [0.2, 0.25) is 0 Å². The van der Waals surface area contributed by atoms with Gasteiger partial charge < -0.3 is 4.74 Å². The fourth-order valence-corrected chi connectivity index (χ4v) is 4.13. The van der Waals surface area contributed by atoms with Crippen molar-refractivity contribution in [1.82, 2.24) is 14.7 Å². The van der Waals surface area contributed by atoms with E-state index in [4.69, 9.17) is 4.74 Å². The van der Waals surface area contributed by atoms with Gasteiger partial charge >= 0.3 is 0 Å². The Balaban J connectivity index is 1.41. The van der Waals surface area contributed by atoms with Crippen molar-refractivity contribution in [2.24, 2.45) is 0 Å². The number of ether oxygens (including phenoxy) is 1.